The number of hydrogen-bond acceptors (Lipinski definition) is 2. The van der Waals surface area contributed by atoms with Crippen molar-refractivity contribution in [2.75, 3.05) is 5.73 Å². The molecule has 1 amide bonds. The SMILES string of the molecule is CC(Cc1ccccc1)NC(=O)c1cc(F)c(N)c(F)c1. The van der Waals surface area contributed by atoms with Crippen molar-refractivity contribution in [3.8, 4) is 0 Å². The Morgan fingerprint density at radius 1 is 1.19 bits per heavy atom. The summed E-state index contributed by atoms with van der Waals surface area (Å²) < 4.78 is 26.7. The van der Waals surface area contributed by atoms with E-state index in [2.05, 4.69) is 5.32 Å². The molecule has 0 aliphatic carbocycles. The highest BCUT2D eigenvalue weighted by Crippen LogP contribution is 2.17. The number of nitrogens with two attached hydrogens (primary N) is 1. The van der Waals surface area contributed by atoms with Gasteiger partial charge in [0.1, 0.15) is 17.3 Å². The first-order valence-corrected chi connectivity index (χ1v) is 6.56. The van der Waals surface area contributed by atoms with Crippen LogP contribution in [0.2, 0.25) is 0 Å². The number of rotatable bonds is 4. The first kappa shape index (κ1) is 15.0. The van der Waals surface area contributed by atoms with Gasteiger partial charge in [-0.05, 0) is 31.0 Å². The Hall–Kier alpha value is -2.43. The zero-order valence-electron chi connectivity index (χ0n) is 11.6. The van der Waals surface area contributed by atoms with Gasteiger partial charge in [0.25, 0.3) is 5.91 Å². The van der Waals surface area contributed by atoms with Crippen LogP contribution < -0.4 is 11.1 Å². The number of carbonyl (C=O) groups is 1. The van der Waals surface area contributed by atoms with E-state index in [-0.39, 0.29) is 11.6 Å². The topological polar surface area (TPSA) is 55.1 Å². The fraction of sp³-hybridized carbons (Fsp3) is 0.188. The van der Waals surface area contributed by atoms with Gasteiger partial charge in [0.15, 0.2) is 0 Å². The van der Waals surface area contributed by atoms with E-state index in [1.807, 2.05) is 37.3 Å². The van der Waals surface area contributed by atoms with Crippen molar-refractivity contribution in [1.82, 2.24) is 5.32 Å². The largest absolute Gasteiger partial charge is 0.394 e. The number of hydrogen-bond donors (Lipinski definition) is 2. The van der Waals surface area contributed by atoms with Crippen molar-refractivity contribution in [2.45, 2.75) is 19.4 Å². The lowest BCUT2D eigenvalue weighted by Crippen LogP contribution is -2.34. The molecule has 0 aliphatic heterocycles. The maximum absolute atomic E-state index is 13.3. The van der Waals surface area contributed by atoms with E-state index in [9.17, 15) is 13.6 Å². The van der Waals surface area contributed by atoms with Gasteiger partial charge in [-0.1, -0.05) is 30.3 Å². The lowest BCUT2D eigenvalue weighted by Gasteiger charge is -2.14. The minimum Gasteiger partial charge on any atom is -0.394 e. The lowest BCUT2D eigenvalue weighted by molar-refractivity contribution is 0.0939. The number of anilines is 1. The molecular weight excluding hydrogens is 274 g/mol. The van der Waals surface area contributed by atoms with Gasteiger partial charge in [-0.3, -0.25) is 4.79 Å². The van der Waals surface area contributed by atoms with Crippen molar-refractivity contribution in [3.05, 3.63) is 65.2 Å². The Morgan fingerprint density at radius 2 is 1.76 bits per heavy atom. The molecule has 110 valence electrons. The standard InChI is InChI=1S/C16H16F2N2O/c1-10(7-11-5-3-2-4-6-11)20-16(21)12-8-13(17)15(19)14(18)9-12/h2-6,8-10H,7,19H2,1H3,(H,20,21). The smallest absolute Gasteiger partial charge is 0.251 e. The third-order valence-corrected chi connectivity index (χ3v) is 3.10. The number of nitrogen functional groups attached to an aromatic ring is 1. The second-order valence-corrected chi connectivity index (χ2v) is 4.92. The third kappa shape index (κ3) is 3.78. The van der Waals surface area contributed by atoms with E-state index >= 15 is 0 Å². The summed E-state index contributed by atoms with van der Waals surface area (Å²) in [6, 6.07) is 11.3. The highest BCUT2D eigenvalue weighted by molar-refractivity contribution is 5.94. The van der Waals surface area contributed by atoms with Crippen molar-refractivity contribution in [3.63, 3.8) is 0 Å². The predicted molar refractivity (Wildman–Crippen MR) is 77.8 cm³/mol. The van der Waals surface area contributed by atoms with E-state index < -0.39 is 23.2 Å². The van der Waals surface area contributed by atoms with E-state index in [0.717, 1.165) is 17.7 Å². The summed E-state index contributed by atoms with van der Waals surface area (Å²) in [6.45, 7) is 1.83. The minimum absolute atomic E-state index is 0.0842. The average Bonchev–Trinajstić information content (AvgIpc) is 2.45. The van der Waals surface area contributed by atoms with Crippen LogP contribution in [0.25, 0.3) is 0 Å². The molecule has 2 aromatic carbocycles. The van der Waals surface area contributed by atoms with Crippen LogP contribution in [0.15, 0.2) is 42.5 Å². The highest BCUT2D eigenvalue weighted by Gasteiger charge is 2.15. The summed E-state index contributed by atoms with van der Waals surface area (Å²) in [5, 5.41) is 2.71. The van der Waals surface area contributed by atoms with E-state index in [1.165, 1.54) is 0 Å². The monoisotopic (exact) mass is 290 g/mol. The Morgan fingerprint density at radius 3 is 2.33 bits per heavy atom. The molecule has 0 spiro atoms. The van der Waals surface area contributed by atoms with Crippen LogP contribution in [0.5, 0.6) is 0 Å². The van der Waals surface area contributed by atoms with Gasteiger partial charge < -0.3 is 11.1 Å². The third-order valence-electron chi connectivity index (χ3n) is 3.10. The quantitative estimate of drug-likeness (QED) is 0.851. The van der Waals surface area contributed by atoms with Crippen LogP contribution >= 0.6 is 0 Å². The van der Waals surface area contributed by atoms with E-state index in [0.29, 0.717) is 6.42 Å². The molecular formula is C16H16F2N2O. The maximum Gasteiger partial charge on any atom is 0.251 e. The normalized spacial score (nSPS) is 12.0. The predicted octanol–water partition coefficient (Wildman–Crippen LogP) is 2.91. The lowest BCUT2D eigenvalue weighted by atomic mass is 10.1. The summed E-state index contributed by atoms with van der Waals surface area (Å²) in [4.78, 5) is 12.0. The fourth-order valence-corrected chi connectivity index (χ4v) is 2.04. The molecule has 0 radical (unpaired) electrons. The van der Waals surface area contributed by atoms with Crippen molar-refractivity contribution < 1.29 is 13.6 Å². The molecule has 2 rings (SSSR count). The first-order valence-electron chi connectivity index (χ1n) is 6.56. The van der Waals surface area contributed by atoms with E-state index in [4.69, 9.17) is 5.73 Å². The van der Waals surface area contributed by atoms with Gasteiger partial charge in [-0.15, -0.1) is 0 Å². The second kappa shape index (κ2) is 6.35. The summed E-state index contributed by atoms with van der Waals surface area (Å²) >= 11 is 0. The molecule has 0 aliphatic rings. The van der Waals surface area contributed by atoms with Crippen LogP contribution in [0, 0.1) is 11.6 Å². The molecule has 3 N–H and O–H groups in total. The Kier molecular flexibility index (Phi) is 4.52. The molecule has 3 nitrogen and oxygen atoms in total. The van der Waals surface area contributed by atoms with Crippen molar-refractivity contribution in [1.29, 1.82) is 0 Å². The molecule has 0 saturated carbocycles. The number of halogens is 2. The average molecular weight is 290 g/mol. The molecule has 1 atom stereocenters. The first-order chi connectivity index (χ1) is 9.97. The molecule has 0 heterocycles. The summed E-state index contributed by atoms with van der Waals surface area (Å²) in [5.74, 6) is -2.40. The zero-order valence-corrected chi connectivity index (χ0v) is 11.6. The van der Waals surface area contributed by atoms with Crippen molar-refractivity contribution >= 4 is 11.6 Å². The highest BCUT2D eigenvalue weighted by atomic mass is 19.1. The molecule has 5 heteroatoms. The number of benzene rings is 2. The van der Waals surface area contributed by atoms with Crippen LogP contribution in [0.1, 0.15) is 22.8 Å². The maximum atomic E-state index is 13.3. The van der Waals surface area contributed by atoms with Gasteiger partial charge in [-0.25, -0.2) is 8.78 Å². The van der Waals surface area contributed by atoms with Crippen molar-refractivity contribution in [2.24, 2.45) is 0 Å². The molecule has 0 saturated heterocycles. The summed E-state index contributed by atoms with van der Waals surface area (Å²) in [5.41, 5.74) is 5.58. The van der Waals surface area contributed by atoms with Gasteiger partial charge in [0, 0.05) is 11.6 Å². The van der Waals surface area contributed by atoms with Crippen LogP contribution in [0.4, 0.5) is 14.5 Å². The van der Waals surface area contributed by atoms with Gasteiger partial charge in [-0.2, -0.15) is 0 Å². The summed E-state index contributed by atoms with van der Waals surface area (Å²) in [7, 11) is 0. The van der Waals surface area contributed by atoms with Crippen LogP contribution in [-0.2, 0) is 6.42 Å². The van der Waals surface area contributed by atoms with Gasteiger partial charge >= 0.3 is 0 Å². The van der Waals surface area contributed by atoms with Crippen LogP contribution in [-0.4, -0.2) is 11.9 Å². The summed E-state index contributed by atoms with van der Waals surface area (Å²) in [6.07, 6.45) is 0.631. The number of carbonyl (C=O) groups excluding carboxylic acids is 1. The fourth-order valence-electron chi connectivity index (χ4n) is 2.04. The molecule has 0 fully saturated rings. The molecule has 0 bridgehead atoms. The molecule has 0 aromatic heterocycles. The van der Waals surface area contributed by atoms with Gasteiger partial charge in [0.05, 0.1) is 0 Å². The number of nitrogens with one attached hydrogen (secondary N) is 1. The Labute approximate surface area is 121 Å². The van der Waals surface area contributed by atoms with Gasteiger partial charge in [0.2, 0.25) is 0 Å². The van der Waals surface area contributed by atoms with Crippen LogP contribution in [0.3, 0.4) is 0 Å². The zero-order chi connectivity index (χ0) is 15.4. The second-order valence-electron chi connectivity index (χ2n) is 4.92. The molecule has 21 heavy (non-hydrogen) atoms. The Bertz CT molecular complexity index is 621. The molecule has 2 aromatic rings. The minimum atomic E-state index is -0.934. The number of amides is 1. The Balaban J connectivity index is 2.04. The van der Waals surface area contributed by atoms with E-state index in [1.54, 1.807) is 0 Å². The molecule has 1 unspecified atom stereocenters.